The number of aromatic nitrogens is 1. The van der Waals surface area contributed by atoms with Crippen LogP contribution in [-0.4, -0.2) is 4.98 Å². The summed E-state index contributed by atoms with van der Waals surface area (Å²) in [4.78, 5) is 4.12. The number of unbranched alkanes of at least 4 members (excludes halogenated alkanes) is 1. The van der Waals surface area contributed by atoms with Gasteiger partial charge in [-0.25, -0.2) is 30.7 Å². The molecule has 0 spiro atoms. The second-order valence-electron chi connectivity index (χ2n) is 8.85. The Labute approximate surface area is 228 Å². The lowest BCUT2D eigenvalue weighted by molar-refractivity contribution is -0.189. The van der Waals surface area contributed by atoms with Gasteiger partial charge in [-0.05, 0) is 48.7 Å². The van der Waals surface area contributed by atoms with Gasteiger partial charge in [0.05, 0.1) is 11.3 Å². The van der Waals surface area contributed by atoms with Gasteiger partial charge in [-0.1, -0.05) is 31.3 Å². The summed E-state index contributed by atoms with van der Waals surface area (Å²) in [7, 11) is 0. The highest BCUT2D eigenvalue weighted by molar-refractivity contribution is 5.60. The molecule has 0 aliphatic rings. The van der Waals surface area contributed by atoms with E-state index in [-0.39, 0.29) is 23.4 Å². The largest absolute Gasteiger partial charge is 0.432 e. The fraction of sp³-hybridized carbons (Fsp3) is 0.167. The van der Waals surface area contributed by atoms with Crippen molar-refractivity contribution in [1.29, 1.82) is 0 Å². The first-order valence-electron chi connectivity index (χ1n) is 12.1. The molecule has 41 heavy (non-hydrogen) atoms. The third-order valence-electron chi connectivity index (χ3n) is 5.85. The normalized spacial score (nSPS) is 11.3. The average Bonchev–Trinajstić information content (AvgIpc) is 2.89. The van der Waals surface area contributed by atoms with Gasteiger partial charge < -0.3 is 4.74 Å². The summed E-state index contributed by atoms with van der Waals surface area (Å²) in [6.07, 6.45) is -0.580. The Bertz CT molecular complexity index is 1590. The van der Waals surface area contributed by atoms with Crippen molar-refractivity contribution in [3.63, 3.8) is 0 Å². The summed E-state index contributed by atoms with van der Waals surface area (Å²) < 4.78 is 132. The Morgan fingerprint density at radius 3 is 1.90 bits per heavy atom. The molecule has 11 heteroatoms. The first-order valence-corrected chi connectivity index (χ1v) is 12.1. The van der Waals surface area contributed by atoms with E-state index in [9.17, 15) is 39.5 Å². The van der Waals surface area contributed by atoms with Crippen molar-refractivity contribution < 1.29 is 44.3 Å². The van der Waals surface area contributed by atoms with Crippen LogP contribution < -0.4 is 4.74 Å². The molecule has 212 valence electrons. The Balaban J connectivity index is 1.58. The maximum absolute atomic E-state index is 14.8. The zero-order chi connectivity index (χ0) is 29.9. The fourth-order valence-electron chi connectivity index (χ4n) is 3.81. The van der Waals surface area contributed by atoms with Crippen molar-refractivity contribution in [2.24, 2.45) is 0 Å². The molecule has 4 rings (SSSR count). The van der Waals surface area contributed by atoms with E-state index >= 15 is 0 Å². The number of pyridine rings is 1. The maximum atomic E-state index is 14.8. The zero-order valence-electron chi connectivity index (χ0n) is 21.1. The molecule has 1 aromatic heterocycles. The zero-order valence-corrected chi connectivity index (χ0v) is 21.1. The van der Waals surface area contributed by atoms with Gasteiger partial charge in [0.15, 0.2) is 17.5 Å². The molecular formula is C30H18F9NO. The van der Waals surface area contributed by atoms with Gasteiger partial charge in [0, 0.05) is 29.5 Å². The third-order valence-corrected chi connectivity index (χ3v) is 5.85. The van der Waals surface area contributed by atoms with E-state index in [1.54, 1.807) is 6.07 Å². The summed E-state index contributed by atoms with van der Waals surface area (Å²) in [6.45, 7) is 2.01. The summed E-state index contributed by atoms with van der Waals surface area (Å²) >= 11 is 0. The van der Waals surface area contributed by atoms with Gasteiger partial charge in [-0.2, -0.15) is 8.78 Å². The lowest BCUT2D eigenvalue weighted by Crippen LogP contribution is -2.25. The number of hydrogen-bond acceptors (Lipinski definition) is 2. The van der Waals surface area contributed by atoms with Gasteiger partial charge in [-0.3, -0.25) is 4.98 Å². The molecule has 0 bridgehead atoms. The minimum Gasteiger partial charge on any atom is -0.429 e. The second-order valence-corrected chi connectivity index (χ2v) is 8.85. The predicted molar refractivity (Wildman–Crippen MR) is 131 cm³/mol. The lowest BCUT2D eigenvalue weighted by Gasteiger charge is -2.20. The topological polar surface area (TPSA) is 22.1 Å². The number of aryl methyl sites for hydroxylation is 1. The number of hydrogen-bond donors (Lipinski definition) is 0. The van der Waals surface area contributed by atoms with Crippen molar-refractivity contribution in [2.75, 3.05) is 0 Å². The molecule has 0 saturated carbocycles. The van der Waals surface area contributed by atoms with Gasteiger partial charge in [0.2, 0.25) is 0 Å². The molecule has 2 nitrogen and oxygen atoms in total. The molecule has 0 N–H and O–H groups in total. The maximum Gasteiger partial charge on any atom is 0.432 e. The van der Waals surface area contributed by atoms with Crippen LogP contribution in [0, 0.1) is 52.6 Å². The first-order chi connectivity index (χ1) is 19.4. The number of benzene rings is 3. The van der Waals surface area contributed by atoms with Crippen LogP contribution in [0.15, 0.2) is 54.7 Å². The molecule has 0 atom stereocenters. The van der Waals surface area contributed by atoms with E-state index in [1.807, 2.05) is 18.8 Å². The van der Waals surface area contributed by atoms with Gasteiger partial charge in [-0.15, -0.1) is 0 Å². The number of alkyl halides is 2. The lowest BCUT2D eigenvalue weighted by atomic mass is 10.0. The standard InChI is InChI=1S/C30H18F9NO/c1-2-3-4-16-6-8-27(40-15-16)18-11-23(33)28(24(34)12-18)30(38,39)41-19-13-21(31)20(22(32)14-19)7-5-17-9-25(35)29(37)26(36)10-17/h6,8-15H,2-4H2,1H3. The van der Waals surface area contributed by atoms with Crippen LogP contribution in [-0.2, 0) is 12.5 Å². The van der Waals surface area contributed by atoms with Crippen molar-refractivity contribution in [3.05, 3.63) is 118 Å². The van der Waals surface area contributed by atoms with Crippen molar-refractivity contribution >= 4 is 0 Å². The van der Waals surface area contributed by atoms with Crippen LogP contribution in [0.25, 0.3) is 11.3 Å². The number of rotatable bonds is 7. The highest BCUT2D eigenvalue weighted by Gasteiger charge is 2.41. The van der Waals surface area contributed by atoms with Gasteiger partial charge in [0.1, 0.15) is 34.6 Å². The molecule has 0 aliphatic heterocycles. The number of ether oxygens (including phenoxy) is 1. The molecule has 3 aromatic carbocycles. The smallest absolute Gasteiger partial charge is 0.429 e. The van der Waals surface area contributed by atoms with Crippen molar-refractivity contribution in [1.82, 2.24) is 4.98 Å². The Kier molecular flexibility index (Phi) is 8.61. The molecule has 0 amide bonds. The molecule has 0 unspecified atom stereocenters. The monoisotopic (exact) mass is 579 g/mol. The predicted octanol–water partition coefficient (Wildman–Crippen LogP) is 8.59. The van der Waals surface area contributed by atoms with Gasteiger partial charge in [0.25, 0.3) is 0 Å². The highest BCUT2D eigenvalue weighted by Crippen LogP contribution is 2.37. The van der Waals surface area contributed by atoms with Crippen LogP contribution in [0.4, 0.5) is 39.5 Å². The Hall–Kier alpha value is -4.46. The SMILES string of the molecule is CCCCc1ccc(-c2cc(F)c(C(F)(F)Oc3cc(F)c(C#Cc4cc(F)c(F)c(F)c4)c(F)c3)c(F)c2)nc1. The van der Waals surface area contributed by atoms with Crippen LogP contribution >= 0.6 is 0 Å². The van der Waals surface area contributed by atoms with Crippen LogP contribution in [0.2, 0.25) is 0 Å². The van der Waals surface area contributed by atoms with Gasteiger partial charge >= 0.3 is 6.11 Å². The third kappa shape index (κ3) is 6.65. The summed E-state index contributed by atoms with van der Waals surface area (Å²) in [5.41, 5.74) is -2.37. The molecule has 0 saturated heterocycles. The molecule has 4 aromatic rings. The average molecular weight is 579 g/mol. The quantitative estimate of drug-likeness (QED) is 0.124. The second kappa shape index (κ2) is 12.0. The fourth-order valence-corrected chi connectivity index (χ4v) is 3.81. The minimum absolute atomic E-state index is 0.123. The Morgan fingerprint density at radius 2 is 1.37 bits per heavy atom. The van der Waals surface area contributed by atoms with E-state index in [0.717, 1.165) is 24.8 Å². The molecule has 0 aliphatic carbocycles. The van der Waals surface area contributed by atoms with E-state index in [4.69, 9.17) is 0 Å². The highest BCUT2D eigenvalue weighted by atomic mass is 19.3. The number of nitrogens with zero attached hydrogens (tertiary/aromatic N) is 1. The molecular weight excluding hydrogens is 561 g/mol. The summed E-state index contributed by atoms with van der Waals surface area (Å²) in [6, 6.07) is 5.97. The van der Waals surface area contributed by atoms with Crippen molar-refractivity contribution in [3.8, 4) is 28.8 Å². The van der Waals surface area contributed by atoms with E-state index in [0.29, 0.717) is 24.3 Å². The molecule has 0 fully saturated rings. The summed E-state index contributed by atoms with van der Waals surface area (Å²) in [5.74, 6) is -8.60. The first kappa shape index (κ1) is 29.5. The van der Waals surface area contributed by atoms with Crippen molar-refractivity contribution in [2.45, 2.75) is 32.3 Å². The summed E-state index contributed by atoms with van der Waals surface area (Å²) in [5, 5.41) is 0. The van der Waals surface area contributed by atoms with E-state index in [2.05, 4.69) is 9.72 Å². The van der Waals surface area contributed by atoms with Crippen LogP contribution in [0.1, 0.15) is 42.0 Å². The van der Waals surface area contributed by atoms with E-state index in [1.165, 1.54) is 12.3 Å². The Morgan fingerprint density at radius 1 is 0.756 bits per heavy atom. The molecule has 1 heterocycles. The minimum atomic E-state index is -4.71. The van der Waals surface area contributed by atoms with Crippen LogP contribution in [0.5, 0.6) is 5.75 Å². The van der Waals surface area contributed by atoms with Crippen LogP contribution in [0.3, 0.4) is 0 Å². The number of halogens is 9. The molecule has 0 radical (unpaired) electrons. The van der Waals surface area contributed by atoms with E-state index < -0.39 is 69.3 Å².